The Morgan fingerprint density at radius 1 is 0.865 bits per heavy atom. The summed E-state index contributed by atoms with van der Waals surface area (Å²) >= 11 is 0. The third-order valence-corrected chi connectivity index (χ3v) is 6.47. The van der Waals surface area contributed by atoms with E-state index in [2.05, 4.69) is 9.97 Å². The highest BCUT2D eigenvalue weighted by molar-refractivity contribution is 5.98. The zero-order valence-corrected chi connectivity index (χ0v) is 20.3. The molecular weight excluding hydrogens is 466 g/mol. The van der Waals surface area contributed by atoms with Crippen molar-refractivity contribution >= 4 is 16.9 Å². The van der Waals surface area contributed by atoms with E-state index in [9.17, 15) is 0 Å². The van der Waals surface area contributed by atoms with Gasteiger partial charge >= 0.3 is 0 Å². The van der Waals surface area contributed by atoms with Crippen molar-refractivity contribution < 1.29 is 14.2 Å². The fourth-order valence-electron chi connectivity index (χ4n) is 4.57. The predicted molar refractivity (Wildman–Crippen MR) is 142 cm³/mol. The number of hydrogen-bond acceptors (Lipinski definition) is 7. The lowest BCUT2D eigenvalue weighted by Crippen LogP contribution is -2.20. The predicted octanol–water partition coefficient (Wildman–Crippen LogP) is 5.80. The first-order chi connectivity index (χ1) is 18.2. The van der Waals surface area contributed by atoms with Gasteiger partial charge in [-0.15, -0.1) is 0 Å². The van der Waals surface area contributed by atoms with Gasteiger partial charge in [-0.3, -0.25) is 0 Å². The Morgan fingerprint density at radius 2 is 1.65 bits per heavy atom. The highest BCUT2D eigenvalue weighted by Gasteiger charge is 2.24. The van der Waals surface area contributed by atoms with Crippen LogP contribution in [0.3, 0.4) is 0 Å². The van der Waals surface area contributed by atoms with Gasteiger partial charge < -0.3 is 19.9 Å². The quantitative estimate of drug-likeness (QED) is 0.306. The second-order valence-electron chi connectivity index (χ2n) is 8.97. The van der Waals surface area contributed by atoms with E-state index in [4.69, 9.17) is 25.0 Å². The van der Waals surface area contributed by atoms with E-state index in [1.165, 1.54) is 6.33 Å². The Kier molecular flexibility index (Phi) is 6.39. The normalized spacial score (nSPS) is 14.1. The molecule has 2 N–H and O–H groups in total. The van der Waals surface area contributed by atoms with Crippen LogP contribution in [0.1, 0.15) is 24.4 Å². The van der Waals surface area contributed by atoms with Crippen molar-refractivity contribution in [3.05, 3.63) is 90.8 Å². The van der Waals surface area contributed by atoms with Gasteiger partial charge in [0, 0.05) is 24.8 Å². The number of hydrogen-bond donors (Lipinski definition) is 1. The molecule has 0 unspecified atom stereocenters. The molecular formula is C29H27N5O3. The van der Waals surface area contributed by atoms with Gasteiger partial charge in [-0.25, -0.2) is 14.6 Å². The Bertz CT molecular complexity index is 1500. The van der Waals surface area contributed by atoms with Crippen molar-refractivity contribution in [2.75, 3.05) is 18.9 Å². The van der Waals surface area contributed by atoms with Gasteiger partial charge in [-0.2, -0.15) is 5.10 Å². The van der Waals surface area contributed by atoms with Crippen LogP contribution in [0.2, 0.25) is 0 Å². The smallest absolute Gasteiger partial charge is 0.164 e. The molecule has 1 saturated heterocycles. The number of nitrogens with two attached hydrogens (primary N) is 1. The third kappa shape index (κ3) is 4.96. The lowest BCUT2D eigenvalue weighted by molar-refractivity contribution is 0.0674. The van der Waals surface area contributed by atoms with Gasteiger partial charge in [-0.1, -0.05) is 36.4 Å². The molecule has 0 amide bonds. The molecule has 1 aliphatic rings. The number of fused-ring (bicyclic) bond motifs is 1. The number of aromatic nitrogens is 4. The topological polar surface area (TPSA) is 97.3 Å². The van der Waals surface area contributed by atoms with Crippen LogP contribution in [-0.2, 0) is 11.3 Å². The maximum Gasteiger partial charge on any atom is 0.164 e. The SMILES string of the molecule is Nc1ncnc2c1c(-c1ccc(Oc3cccc(OCc4ccccc4)c3)cc1)nn2C1CCOCC1. The zero-order valence-electron chi connectivity index (χ0n) is 20.3. The number of nitrogens with zero attached hydrogens (tertiary/aromatic N) is 4. The van der Waals surface area contributed by atoms with E-state index < -0.39 is 0 Å². The molecule has 186 valence electrons. The van der Waals surface area contributed by atoms with Crippen LogP contribution >= 0.6 is 0 Å². The minimum absolute atomic E-state index is 0.221. The molecule has 1 aliphatic heterocycles. The number of benzene rings is 3. The number of rotatable bonds is 7. The van der Waals surface area contributed by atoms with Crippen molar-refractivity contribution in [1.82, 2.24) is 19.7 Å². The van der Waals surface area contributed by atoms with E-state index in [0.29, 0.717) is 37.1 Å². The van der Waals surface area contributed by atoms with E-state index in [0.717, 1.165) is 46.4 Å². The van der Waals surface area contributed by atoms with Crippen molar-refractivity contribution in [1.29, 1.82) is 0 Å². The average molecular weight is 494 g/mol. The molecule has 0 atom stereocenters. The molecule has 3 heterocycles. The highest BCUT2D eigenvalue weighted by atomic mass is 16.5. The van der Waals surface area contributed by atoms with E-state index >= 15 is 0 Å². The molecule has 0 radical (unpaired) electrons. The van der Waals surface area contributed by atoms with Crippen LogP contribution in [0.15, 0.2) is 85.2 Å². The summed E-state index contributed by atoms with van der Waals surface area (Å²) in [6.45, 7) is 1.93. The van der Waals surface area contributed by atoms with Gasteiger partial charge in [0.25, 0.3) is 0 Å². The maximum absolute atomic E-state index is 6.28. The summed E-state index contributed by atoms with van der Waals surface area (Å²) in [6.07, 6.45) is 3.27. The minimum atomic E-state index is 0.221. The summed E-state index contributed by atoms with van der Waals surface area (Å²) in [5, 5.41) is 5.71. The second-order valence-corrected chi connectivity index (χ2v) is 8.97. The third-order valence-electron chi connectivity index (χ3n) is 6.47. The second kappa shape index (κ2) is 10.3. The number of ether oxygens (including phenoxy) is 3. The molecule has 8 nitrogen and oxygen atoms in total. The molecule has 0 saturated carbocycles. The fraction of sp³-hybridized carbons (Fsp3) is 0.207. The molecule has 5 aromatic rings. The molecule has 0 aliphatic carbocycles. The molecule has 0 bridgehead atoms. The minimum Gasteiger partial charge on any atom is -0.489 e. The molecule has 6 rings (SSSR count). The van der Waals surface area contributed by atoms with Crippen LogP contribution < -0.4 is 15.2 Å². The van der Waals surface area contributed by atoms with E-state index in [-0.39, 0.29) is 6.04 Å². The van der Waals surface area contributed by atoms with Crippen molar-refractivity contribution in [3.8, 4) is 28.5 Å². The van der Waals surface area contributed by atoms with Crippen LogP contribution in [0, 0.1) is 0 Å². The van der Waals surface area contributed by atoms with Crippen molar-refractivity contribution in [2.45, 2.75) is 25.5 Å². The van der Waals surface area contributed by atoms with Crippen LogP contribution in [0.25, 0.3) is 22.3 Å². The first-order valence-corrected chi connectivity index (χ1v) is 12.4. The Hall–Kier alpha value is -4.43. The first kappa shape index (κ1) is 23.0. The summed E-state index contributed by atoms with van der Waals surface area (Å²) < 4.78 is 19.5. The van der Waals surface area contributed by atoms with Gasteiger partial charge in [0.15, 0.2) is 5.65 Å². The molecule has 8 heteroatoms. The maximum atomic E-state index is 6.28. The monoisotopic (exact) mass is 493 g/mol. The first-order valence-electron chi connectivity index (χ1n) is 12.4. The number of nitrogen functional groups attached to an aromatic ring is 1. The number of anilines is 1. The Morgan fingerprint density at radius 3 is 2.46 bits per heavy atom. The largest absolute Gasteiger partial charge is 0.489 e. The highest BCUT2D eigenvalue weighted by Crippen LogP contribution is 2.35. The van der Waals surface area contributed by atoms with Gasteiger partial charge in [0.05, 0.1) is 11.4 Å². The summed E-state index contributed by atoms with van der Waals surface area (Å²) in [5.41, 5.74) is 9.83. The van der Waals surface area contributed by atoms with Crippen LogP contribution in [0.5, 0.6) is 17.2 Å². The van der Waals surface area contributed by atoms with Crippen LogP contribution in [-0.4, -0.2) is 33.0 Å². The summed E-state index contributed by atoms with van der Waals surface area (Å²) in [4.78, 5) is 8.73. The van der Waals surface area contributed by atoms with Gasteiger partial charge in [-0.05, 0) is 54.8 Å². The molecule has 1 fully saturated rings. The standard InChI is InChI=1S/C29H27N5O3/c30-28-26-27(33-34(29(26)32-19-31-28)22-13-15-35-16-14-22)21-9-11-23(12-10-21)37-25-8-4-7-24(17-25)36-18-20-5-2-1-3-6-20/h1-12,17,19,22H,13-16,18H2,(H2,30,31,32). The van der Waals surface area contributed by atoms with Crippen molar-refractivity contribution in [3.63, 3.8) is 0 Å². The fourth-order valence-corrected chi connectivity index (χ4v) is 4.57. The lowest BCUT2D eigenvalue weighted by atomic mass is 10.1. The van der Waals surface area contributed by atoms with Gasteiger partial charge in [0.2, 0.25) is 0 Å². The zero-order chi connectivity index (χ0) is 25.0. The Balaban J connectivity index is 1.22. The Labute approximate surface area is 214 Å². The van der Waals surface area contributed by atoms with Crippen molar-refractivity contribution in [2.24, 2.45) is 0 Å². The average Bonchev–Trinajstić information content (AvgIpc) is 3.35. The molecule has 3 aromatic carbocycles. The van der Waals surface area contributed by atoms with E-state index in [1.54, 1.807) is 0 Å². The summed E-state index contributed by atoms with van der Waals surface area (Å²) in [6, 6.07) is 25.7. The molecule has 0 spiro atoms. The summed E-state index contributed by atoms with van der Waals surface area (Å²) in [7, 11) is 0. The van der Waals surface area contributed by atoms with Gasteiger partial charge in [0.1, 0.15) is 41.7 Å². The summed E-state index contributed by atoms with van der Waals surface area (Å²) in [5.74, 6) is 2.58. The van der Waals surface area contributed by atoms with E-state index in [1.807, 2.05) is 83.5 Å². The molecule has 37 heavy (non-hydrogen) atoms. The lowest BCUT2D eigenvalue weighted by Gasteiger charge is -2.22. The van der Waals surface area contributed by atoms with Crippen LogP contribution in [0.4, 0.5) is 5.82 Å². The molecule has 2 aromatic heterocycles.